The topological polar surface area (TPSA) is 80.0 Å². The second-order valence-electron chi connectivity index (χ2n) is 9.58. The van der Waals surface area contributed by atoms with Gasteiger partial charge in [0.15, 0.2) is 0 Å². The summed E-state index contributed by atoms with van der Waals surface area (Å²) in [5.41, 5.74) is 2.44. The number of rotatable bonds is 2. The third kappa shape index (κ3) is 3.86. The number of hydrogen-bond donors (Lipinski definition) is 1. The third-order valence-corrected chi connectivity index (χ3v) is 7.55. The molecule has 2 fully saturated rings. The average molecular weight is 426 g/mol. The van der Waals surface area contributed by atoms with Crippen molar-refractivity contribution < 1.29 is 19.1 Å². The minimum absolute atomic E-state index is 0.0386. The van der Waals surface area contributed by atoms with Crippen molar-refractivity contribution in [1.82, 2.24) is 4.90 Å². The number of piperidine rings is 1. The van der Waals surface area contributed by atoms with Crippen LogP contribution in [0, 0.1) is 6.92 Å². The zero-order valence-corrected chi connectivity index (χ0v) is 18.2. The van der Waals surface area contributed by atoms with Crippen molar-refractivity contribution >= 4 is 16.9 Å². The van der Waals surface area contributed by atoms with Crippen molar-refractivity contribution in [3.8, 4) is 5.75 Å². The lowest BCUT2D eigenvalue weighted by Crippen LogP contribution is -2.41. The molecule has 0 radical (unpaired) electrons. The van der Waals surface area contributed by atoms with Crippen molar-refractivity contribution in [1.29, 1.82) is 0 Å². The number of likely N-dealkylation sites (tertiary alicyclic amines) is 1. The number of ether oxygens (including phenoxy) is 1. The maximum atomic E-state index is 12.8. The van der Waals surface area contributed by atoms with E-state index in [-0.39, 0.29) is 24.0 Å². The molecule has 31 heavy (non-hydrogen) atoms. The summed E-state index contributed by atoms with van der Waals surface area (Å²) in [6, 6.07) is 3.97. The smallest absolute Gasteiger partial charge is 0.340 e. The van der Waals surface area contributed by atoms with Gasteiger partial charge in [0.05, 0.1) is 18.1 Å². The van der Waals surface area contributed by atoms with E-state index in [2.05, 4.69) is 6.07 Å². The van der Waals surface area contributed by atoms with Crippen molar-refractivity contribution in [2.24, 2.45) is 0 Å². The van der Waals surface area contributed by atoms with Gasteiger partial charge in [-0.25, -0.2) is 4.79 Å². The molecule has 2 aliphatic heterocycles. The summed E-state index contributed by atoms with van der Waals surface area (Å²) in [6.07, 6.45) is 8.79. The fourth-order valence-electron chi connectivity index (χ4n) is 5.53. The average Bonchev–Trinajstić information content (AvgIpc) is 2.76. The van der Waals surface area contributed by atoms with Gasteiger partial charge in [-0.2, -0.15) is 0 Å². The van der Waals surface area contributed by atoms with Crippen molar-refractivity contribution in [2.45, 2.75) is 82.8 Å². The number of aryl methyl sites for hydroxylation is 2. The van der Waals surface area contributed by atoms with E-state index in [1.807, 2.05) is 13.0 Å². The number of aliphatic hydroxyl groups excluding tert-OH is 1. The number of carbonyl (C=O) groups excluding carboxylic acids is 1. The first kappa shape index (κ1) is 20.6. The normalized spacial score (nSPS) is 21.2. The molecule has 166 valence electrons. The van der Waals surface area contributed by atoms with E-state index in [1.54, 1.807) is 4.90 Å². The molecule has 1 saturated heterocycles. The first-order chi connectivity index (χ1) is 14.9. The van der Waals surface area contributed by atoms with Crippen molar-refractivity contribution in [2.75, 3.05) is 13.1 Å². The predicted octanol–water partition coefficient (Wildman–Crippen LogP) is 3.66. The van der Waals surface area contributed by atoms with E-state index in [9.17, 15) is 14.7 Å². The van der Waals surface area contributed by atoms with Gasteiger partial charge >= 0.3 is 5.63 Å². The van der Waals surface area contributed by atoms with Crippen LogP contribution in [-0.2, 0) is 17.6 Å². The number of amides is 1. The van der Waals surface area contributed by atoms with Crippen LogP contribution >= 0.6 is 0 Å². The summed E-state index contributed by atoms with van der Waals surface area (Å²) in [5, 5.41) is 10.6. The zero-order chi connectivity index (χ0) is 21.6. The zero-order valence-electron chi connectivity index (χ0n) is 18.2. The molecule has 1 N–H and O–H groups in total. The van der Waals surface area contributed by atoms with Crippen molar-refractivity contribution in [3.05, 3.63) is 39.2 Å². The number of benzene rings is 1. The molecule has 0 atom stereocenters. The third-order valence-electron chi connectivity index (χ3n) is 7.55. The van der Waals surface area contributed by atoms with Crippen LogP contribution in [0.3, 0.4) is 0 Å². The maximum absolute atomic E-state index is 12.8. The predicted molar refractivity (Wildman–Crippen MR) is 118 cm³/mol. The van der Waals surface area contributed by atoms with Crippen LogP contribution in [0.1, 0.15) is 68.1 Å². The lowest BCUT2D eigenvalue weighted by Gasteiger charge is -2.41. The van der Waals surface area contributed by atoms with E-state index in [0.717, 1.165) is 47.9 Å². The van der Waals surface area contributed by atoms with Gasteiger partial charge in [-0.15, -0.1) is 0 Å². The molecule has 1 aromatic carbocycles. The Kier molecular flexibility index (Phi) is 5.29. The highest BCUT2D eigenvalue weighted by Crippen LogP contribution is 2.43. The SMILES string of the molecule is Cc1c(CC(=O)N2CCC(O)CC2)c(=O)oc2cc3c(cc12)CCC1(CCCCC1)O3. The fourth-order valence-corrected chi connectivity index (χ4v) is 5.53. The standard InChI is InChI=1S/C25H31NO5/c1-16-19-13-17-5-10-25(8-3-2-4-9-25)31-21(17)15-22(19)30-24(29)20(16)14-23(28)26-11-6-18(27)7-12-26/h13,15,18,27H,2-12,14H2,1H3. The molecule has 5 rings (SSSR count). The molecule has 3 aliphatic rings. The summed E-state index contributed by atoms with van der Waals surface area (Å²) in [4.78, 5) is 27.3. The highest BCUT2D eigenvalue weighted by Gasteiger charge is 2.37. The highest BCUT2D eigenvalue weighted by molar-refractivity contribution is 5.86. The Balaban J connectivity index is 1.44. The minimum atomic E-state index is -0.446. The quantitative estimate of drug-likeness (QED) is 0.743. The van der Waals surface area contributed by atoms with Gasteiger partial charge < -0.3 is 19.2 Å². The molecule has 6 nitrogen and oxygen atoms in total. The van der Waals surface area contributed by atoms with Crippen molar-refractivity contribution in [3.63, 3.8) is 0 Å². The number of nitrogens with zero attached hydrogens (tertiary/aromatic N) is 1. The Morgan fingerprint density at radius 2 is 1.90 bits per heavy atom. The van der Waals surface area contributed by atoms with Crippen LogP contribution in [0.2, 0.25) is 0 Å². The van der Waals surface area contributed by atoms with Crippen LogP contribution in [0.5, 0.6) is 5.75 Å². The van der Waals surface area contributed by atoms with E-state index >= 15 is 0 Å². The van der Waals surface area contributed by atoms with Crippen LogP contribution in [0.4, 0.5) is 0 Å². The van der Waals surface area contributed by atoms with Crippen LogP contribution in [-0.4, -0.2) is 40.7 Å². The highest BCUT2D eigenvalue weighted by atomic mass is 16.5. The molecule has 0 bridgehead atoms. The number of hydrogen-bond acceptors (Lipinski definition) is 5. The summed E-state index contributed by atoms with van der Waals surface area (Å²) >= 11 is 0. The summed E-state index contributed by atoms with van der Waals surface area (Å²) in [7, 11) is 0. The maximum Gasteiger partial charge on any atom is 0.340 e. The van der Waals surface area contributed by atoms with Gasteiger partial charge in [-0.05, 0) is 75.5 Å². The van der Waals surface area contributed by atoms with Gasteiger partial charge in [0.25, 0.3) is 0 Å². The van der Waals surface area contributed by atoms with Gasteiger partial charge in [-0.3, -0.25) is 4.79 Å². The first-order valence-corrected chi connectivity index (χ1v) is 11.7. The molecule has 1 aromatic heterocycles. The number of fused-ring (bicyclic) bond motifs is 2. The van der Waals surface area contributed by atoms with Gasteiger partial charge in [0, 0.05) is 24.5 Å². The summed E-state index contributed by atoms with van der Waals surface area (Å²) in [5.74, 6) is 0.765. The lowest BCUT2D eigenvalue weighted by molar-refractivity contribution is -0.132. The number of aliphatic hydroxyl groups is 1. The Morgan fingerprint density at radius 3 is 2.65 bits per heavy atom. The molecule has 1 spiro atoms. The van der Waals surface area contributed by atoms with E-state index in [4.69, 9.17) is 9.15 Å². The fraction of sp³-hybridized carbons (Fsp3) is 0.600. The number of carbonyl (C=O) groups is 1. The molecule has 2 aromatic rings. The summed E-state index contributed by atoms with van der Waals surface area (Å²) < 4.78 is 12.2. The monoisotopic (exact) mass is 425 g/mol. The Bertz CT molecular complexity index is 1060. The lowest BCUT2D eigenvalue weighted by atomic mass is 9.79. The van der Waals surface area contributed by atoms with Crippen LogP contribution in [0.25, 0.3) is 11.0 Å². The largest absolute Gasteiger partial charge is 0.487 e. The van der Waals surface area contributed by atoms with E-state index in [1.165, 1.54) is 19.3 Å². The molecule has 6 heteroatoms. The molecular weight excluding hydrogens is 394 g/mol. The van der Waals surface area contributed by atoms with Crippen LogP contribution in [0.15, 0.2) is 21.3 Å². The summed E-state index contributed by atoms with van der Waals surface area (Å²) in [6.45, 7) is 2.97. The van der Waals surface area contributed by atoms with E-state index in [0.29, 0.717) is 37.1 Å². The molecular formula is C25H31NO5. The Labute approximate surface area is 182 Å². The van der Waals surface area contributed by atoms with Gasteiger partial charge in [-0.1, -0.05) is 6.42 Å². The molecule has 3 heterocycles. The molecule has 0 unspecified atom stereocenters. The minimum Gasteiger partial charge on any atom is -0.487 e. The molecule has 1 amide bonds. The van der Waals surface area contributed by atoms with Gasteiger partial charge in [0.2, 0.25) is 5.91 Å². The second kappa shape index (κ2) is 7.97. The first-order valence-electron chi connectivity index (χ1n) is 11.7. The second-order valence-corrected chi connectivity index (χ2v) is 9.58. The van der Waals surface area contributed by atoms with Crippen LogP contribution < -0.4 is 10.4 Å². The molecule has 1 aliphatic carbocycles. The Morgan fingerprint density at radius 1 is 1.16 bits per heavy atom. The van der Waals surface area contributed by atoms with E-state index < -0.39 is 5.63 Å². The van der Waals surface area contributed by atoms with Gasteiger partial charge in [0.1, 0.15) is 16.9 Å². The Hall–Kier alpha value is -2.34. The molecule has 1 saturated carbocycles.